The van der Waals surface area contributed by atoms with Gasteiger partial charge < -0.3 is 10.6 Å². The molecule has 6 heteroatoms. The van der Waals surface area contributed by atoms with E-state index in [-0.39, 0.29) is 11.4 Å². The van der Waals surface area contributed by atoms with Crippen molar-refractivity contribution in [3.63, 3.8) is 0 Å². The van der Waals surface area contributed by atoms with Crippen LogP contribution in [0.3, 0.4) is 0 Å². The first kappa shape index (κ1) is 14.8. The molecule has 1 rings (SSSR count). The van der Waals surface area contributed by atoms with E-state index in [2.05, 4.69) is 6.07 Å². The predicted molar refractivity (Wildman–Crippen MR) is 74.8 cm³/mol. The Morgan fingerprint density at radius 1 is 1.53 bits per heavy atom. The molecule has 0 heterocycles. The number of hydrogen-bond donors (Lipinski definition) is 1. The number of nitrogen functional groups attached to an aromatic ring is 1. The quantitative estimate of drug-likeness (QED) is 0.482. The van der Waals surface area contributed by atoms with E-state index in [1.807, 2.05) is 18.7 Å². The molecule has 0 fully saturated rings. The molecular formula is C13H18N4O2. The van der Waals surface area contributed by atoms with Gasteiger partial charge in [-0.3, -0.25) is 10.1 Å². The van der Waals surface area contributed by atoms with E-state index in [0.717, 1.165) is 0 Å². The van der Waals surface area contributed by atoms with Crippen molar-refractivity contribution in [1.82, 2.24) is 0 Å². The minimum atomic E-state index is -0.468. The number of nitriles is 1. The number of nitro groups is 1. The molecule has 0 aliphatic heterocycles. The molecule has 0 saturated heterocycles. The highest BCUT2D eigenvalue weighted by atomic mass is 16.6. The molecule has 0 amide bonds. The minimum Gasteiger partial charge on any atom is -0.393 e. The van der Waals surface area contributed by atoms with Gasteiger partial charge in [-0.25, -0.2) is 0 Å². The van der Waals surface area contributed by atoms with Gasteiger partial charge in [-0.2, -0.15) is 5.26 Å². The van der Waals surface area contributed by atoms with E-state index < -0.39 is 4.92 Å². The summed E-state index contributed by atoms with van der Waals surface area (Å²) in [7, 11) is 0. The van der Waals surface area contributed by atoms with Crippen molar-refractivity contribution >= 4 is 17.1 Å². The van der Waals surface area contributed by atoms with Gasteiger partial charge in [0.1, 0.15) is 11.4 Å². The monoisotopic (exact) mass is 262 g/mol. The van der Waals surface area contributed by atoms with Crippen LogP contribution in [0.2, 0.25) is 0 Å². The molecule has 6 nitrogen and oxygen atoms in total. The zero-order chi connectivity index (χ0) is 14.4. The summed E-state index contributed by atoms with van der Waals surface area (Å²) >= 11 is 0. The first-order valence-electron chi connectivity index (χ1n) is 6.12. The predicted octanol–water partition coefficient (Wildman–Crippen LogP) is 2.55. The fraction of sp³-hybridized carbons (Fsp3) is 0.462. The Kier molecular flexibility index (Phi) is 5.12. The van der Waals surface area contributed by atoms with Gasteiger partial charge >= 0.3 is 5.69 Å². The van der Waals surface area contributed by atoms with Crippen molar-refractivity contribution in [2.24, 2.45) is 5.92 Å². The van der Waals surface area contributed by atoms with Gasteiger partial charge in [0, 0.05) is 13.1 Å². The number of nitro benzene ring substituents is 1. The third-order valence-electron chi connectivity index (χ3n) is 2.65. The van der Waals surface area contributed by atoms with E-state index in [1.54, 1.807) is 12.1 Å². The smallest absolute Gasteiger partial charge is 0.315 e. The van der Waals surface area contributed by atoms with Crippen LogP contribution in [0, 0.1) is 27.4 Å². The van der Waals surface area contributed by atoms with Crippen molar-refractivity contribution in [3.05, 3.63) is 28.3 Å². The number of hydrogen-bond acceptors (Lipinski definition) is 5. The standard InChI is InChI=1S/C13H18N4O2/c1-10(2)9-16(8-4-7-14)12-6-3-5-11(15)13(12)17(18)19/h3,5-6,10H,4,8-9,15H2,1-2H3. The van der Waals surface area contributed by atoms with Gasteiger partial charge in [0.25, 0.3) is 0 Å². The maximum atomic E-state index is 11.1. The summed E-state index contributed by atoms with van der Waals surface area (Å²) < 4.78 is 0. The van der Waals surface area contributed by atoms with E-state index in [9.17, 15) is 10.1 Å². The van der Waals surface area contributed by atoms with Gasteiger partial charge in [0.2, 0.25) is 0 Å². The molecule has 0 atom stereocenters. The van der Waals surface area contributed by atoms with Crippen LogP contribution in [0.25, 0.3) is 0 Å². The van der Waals surface area contributed by atoms with Crippen LogP contribution in [0.5, 0.6) is 0 Å². The van der Waals surface area contributed by atoms with E-state index in [4.69, 9.17) is 11.0 Å². The molecule has 0 unspecified atom stereocenters. The Labute approximate surface area is 112 Å². The first-order chi connectivity index (χ1) is 8.97. The van der Waals surface area contributed by atoms with Gasteiger partial charge in [-0.1, -0.05) is 19.9 Å². The Balaban J connectivity index is 3.17. The Bertz CT molecular complexity index is 494. The van der Waals surface area contributed by atoms with Crippen LogP contribution < -0.4 is 10.6 Å². The fourth-order valence-electron chi connectivity index (χ4n) is 1.94. The summed E-state index contributed by atoms with van der Waals surface area (Å²) in [6, 6.07) is 6.94. The van der Waals surface area contributed by atoms with Crippen molar-refractivity contribution < 1.29 is 4.92 Å². The highest BCUT2D eigenvalue weighted by molar-refractivity contribution is 5.75. The number of benzene rings is 1. The summed E-state index contributed by atoms with van der Waals surface area (Å²) in [4.78, 5) is 12.5. The molecule has 102 valence electrons. The summed E-state index contributed by atoms with van der Waals surface area (Å²) in [6.07, 6.45) is 0.318. The maximum absolute atomic E-state index is 11.1. The molecule has 0 aliphatic carbocycles. The zero-order valence-corrected chi connectivity index (χ0v) is 11.2. The molecular weight excluding hydrogens is 244 g/mol. The Morgan fingerprint density at radius 2 is 2.21 bits per heavy atom. The largest absolute Gasteiger partial charge is 0.393 e. The SMILES string of the molecule is CC(C)CN(CCC#N)c1cccc(N)c1[N+](=O)[O-]. The number of nitrogens with two attached hydrogens (primary N) is 1. The third-order valence-corrected chi connectivity index (χ3v) is 2.65. The first-order valence-corrected chi connectivity index (χ1v) is 6.12. The Hall–Kier alpha value is -2.29. The van der Waals surface area contributed by atoms with E-state index in [0.29, 0.717) is 31.1 Å². The molecule has 19 heavy (non-hydrogen) atoms. The highest BCUT2D eigenvalue weighted by Crippen LogP contribution is 2.33. The Morgan fingerprint density at radius 3 is 2.74 bits per heavy atom. The molecule has 2 N–H and O–H groups in total. The summed E-state index contributed by atoms with van der Waals surface area (Å²) in [6.45, 7) is 5.15. The lowest BCUT2D eigenvalue weighted by molar-refractivity contribution is -0.383. The van der Waals surface area contributed by atoms with Crippen LogP contribution in [0.4, 0.5) is 17.1 Å². The summed E-state index contributed by atoms with van der Waals surface area (Å²) in [5, 5.41) is 19.8. The molecule has 0 saturated carbocycles. The summed E-state index contributed by atoms with van der Waals surface area (Å²) in [5.74, 6) is 0.333. The van der Waals surface area contributed by atoms with E-state index in [1.165, 1.54) is 6.07 Å². The maximum Gasteiger partial charge on any atom is 0.315 e. The second-order valence-electron chi connectivity index (χ2n) is 4.72. The molecule has 0 bridgehead atoms. The van der Waals surface area contributed by atoms with Gasteiger partial charge in [-0.05, 0) is 18.1 Å². The van der Waals surface area contributed by atoms with Crippen LogP contribution in [0.15, 0.2) is 18.2 Å². The van der Waals surface area contributed by atoms with Crippen molar-refractivity contribution in [2.75, 3.05) is 23.7 Å². The lowest BCUT2D eigenvalue weighted by Crippen LogP contribution is -2.29. The molecule has 1 aromatic rings. The lowest BCUT2D eigenvalue weighted by atomic mass is 10.1. The van der Waals surface area contributed by atoms with Gasteiger partial charge in [0.05, 0.1) is 17.4 Å². The van der Waals surface area contributed by atoms with Crippen molar-refractivity contribution in [2.45, 2.75) is 20.3 Å². The van der Waals surface area contributed by atoms with Gasteiger partial charge in [0.15, 0.2) is 0 Å². The number of nitrogens with zero attached hydrogens (tertiary/aromatic N) is 3. The topological polar surface area (TPSA) is 96.2 Å². The van der Waals surface area contributed by atoms with Crippen molar-refractivity contribution in [3.8, 4) is 6.07 Å². The molecule has 0 spiro atoms. The average Bonchev–Trinajstić information content (AvgIpc) is 2.33. The van der Waals surface area contributed by atoms with Crippen LogP contribution in [0.1, 0.15) is 20.3 Å². The second-order valence-corrected chi connectivity index (χ2v) is 4.72. The second kappa shape index (κ2) is 6.59. The molecule has 0 aromatic heterocycles. The zero-order valence-electron chi connectivity index (χ0n) is 11.2. The number of rotatable bonds is 6. The van der Waals surface area contributed by atoms with Crippen LogP contribution >= 0.6 is 0 Å². The highest BCUT2D eigenvalue weighted by Gasteiger charge is 2.22. The third kappa shape index (κ3) is 3.85. The minimum absolute atomic E-state index is 0.0823. The van der Waals surface area contributed by atoms with E-state index >= 15 is 0 Å². The number of para-hydroxylation sites is 1. The fourth-order valence-corrected chi connectivity index (χ4v) is 1.94. The van der Waals surface area contributed by atoms with Crippen LogP contribution in [-0.4, -0.2) is 18.0 Å². The molecule has 0 aliphatic rings. The number of anilines is 2. The lowest BCUT2D eigenvalue weighted by Gasteiger charge is -2.25. The van der Waals surface area contributed by atoms with Crippen LogP contribution in [-0.2, 0) is 0 Å². The molecule has 0 radical (unpaired) electrons. The average molecular weight is 262 g/mol. The van der Waals surface area contributed by atoms with Crippen molar-refractivity contribution in [1.29, 1.82) is 5.26 Å². The molecule has 1 aromatic carbocycles. The normalized spacial score (nSPS) is 10.2. The summed E-state index contributed by atoms with van der Waals surface area (Å²) in [5.41, 5.74) is 6.23. The van der Waals surface area contributed by atoms with Gasteiger partial charge in [-0.15, -0.1) is 0 Å².